The van der Waals surface area contributed by atoms with Crippen LogP contribution in [0.1, 0.15) is 37.0 Å². The maximum atomic E-state index is 7.30. The van der Waals surface area contributed by atoms with Crippen molar-refractivity contribution < 1.29 is 4.74 Å². The molecule has 0 saturated carbocycles. The molecule has 1 aliphatic heterocycles. The van der Waals surface area contributed by atoms with E-state index in [0.29, 0.717) is 0 Å². The fourth-order valence-electron chi connectivity index (χ4n) is 9.75. The monoisotopic (exact) mass is 782 g/mol. The van der Waals surface area contributed by atoms with E-state index in [2.05, 4.69) is 194 Å². The molecule has 0 unspecified atom stereocenters. The highest BCUT2D eigenvalue weighted by atomic mass is 32.2. The number of thiophene rings is 1. The second-order valence-electron chi connectivity index (χ2n) is 16.0. The molecule has 3 aromatic heterocycles. The molecule has 1 aliphatic carbocycles. The second-order valence-corrected chi connectivity index (χ2v) is 18.1. The third kappa shape index (κ3) is 4.75. The molecule has 7 aromatic carbocycles. The maximum Gasteiger partial charge on any atom is 0.141 e. The molecule has 2 aliphatic rings. The molecule has 10 aromatic rings. The summed E-state index contributed by atoms with van der Waals surface area (Å²) in [5.74, 6) is 1.87. The predicted molar refractivity (Wildman–Crippen MR) is 246 cm³/mol. The van der Waals surface area contributed by atoms with Gasteiger partial charge in [0, 0.05) is 57.6 Å². The number of ether oxygens (including phenoxy) is 1. The van der Waals surface area contributed by atoms with Gasteiger partial charge in [-0.25, -0.2) is 0 Å². The number of hydrogen-bond donors (Lipinski definition) is 0. The number of hydrogen-bond acceptors (Lipinski definition) is 3. The standard InChI is InChI=1S/C53H38N2OS2/c1-32-16-14-25-43(51(32)57-33-17-6-4-7-18-33)55-40-24-13-11-21-37(40)48-42(55)29-28-38-50(48)56-45-31-30-41-47(49(45)53(38,2)3)36-20-10-12-23-39(36)54(41)44-26-15-22-35-34-19-8-5-9-27-46(34)58-52(35)44/h4-8,10-31H,9H2,1-3H3. The van der Waals surface area contributed by atoms with Crippen molar-refractivity contribution in [3.63, 3.8) is 0 Å². The summed E-state index contributed by atoms with van der Waals surface area (Å²) < 4.78 is 14.9. The lowest BCUT2D eigenvalue weighted by Crippen LogP contribution is -2.24. The summed E-state index contributed by atoms with van der Waals surface area (Å²) in [5, 5.41) is 7.47. The molecule has 0 fully saturated rings. The Morgan fingerprint density at radius 3 is 2.14 bits per heavy atom. The van der Waals surface area contributed by atoms with Crippen LogP contribution in [0.4, 0.5) is 0 Å². The minimum absolute atomic E-state index is 0.366. The summed E-state index contributed by atoms with van der Waals surface area (Å²) in [5.41, 5.74) is 10.4. The van der Waals surface area contributed by atoms with Crippen molar-refractivity contribution in [2.45, 2.75) is 42.4 Å². The molecule has 0 N–H and O–H groups in total. The summed E-state index contributed by atoms with van der Waals surface area (Å²) in [4.78, 5) is 2.48. The van der Waals surface area contributed by atoms with Gasteiger partial charge in [-0.1, -0.05) is 135 Å². The highest BCUT2D eigenvalue weighted by Gasteiger charge is 2.39. The van der Waals surface area contributed by atoms with Crippen LogP contribution in [0.15, 0.2) is 161 Å². The van der Waals surface area contributed by atoms with E-state index in [-0.39, 0.29) is 5.41 Å². The molecule has 12 rings (SSSR count). The van der Waals surface area contributed by atoms with E-state index in [1.807, 2.05) is 23.1 Å². The number of fused-ring (bicyclic) bond motifs is 13. The van der Waals surface area contributed by atoms with Gasteiger partial charge >= 0.3 is 0 Å². The number of allylic oxidation sites excluding steroid dienone is 2. The molecule has 0 saturated heterocycles. The quantitative estimate of drug-likeness (QED) is 0.177. The van der Waals surface area contributed by atoms with Crippen LogP contribution >= 0.6 is 23.1 Å². The molecule has 0 atom stereocenters. The van der Waals surface area contributed by atoms with Crippen molar-refractivity contribution in [2.24, 2.45) is 0 Å². The Bertz CT molecular complexity index is 3530. The molecule has 0 amide bonds. The zero-order valence-corrected chi connectivity index (χ0v) is 34.0. The molecular weight excluding hydrogens is 745 g/mol. The summed E-state index contributed by atoms with van der Waals surface area (Å²) in [6.45, 7) is 6.99. The lowest BCUT2D eigenvalue weighted by molar-refractivity contribution is 0.426. The molecule has 58 heavy (non-hydrogen) atoms. The van der Waals surface area contributed by atoms with Gasteiger partial charge in [-0.15, -0.1) is 11.3 Å². The van der Waals surface area contributed by atoms with E-state index >= 15 is 0 Å². The Hall–Kier alpha value is -6.27. The number of aryl methyl sites for hydroxylation is 1. The average Bonchev–Trinajstić information content (AvgIpc) is 3.82. The lowest BCUT2D eigenvalue weighted by atomic mass is 9.73. The van der Waals surface area contributed by atoms with Crippen LogP contribution in [0.25, 0.3) is 77.2 Å². The number of benzene rings is 7. The Labute approximate surface area is 344 Å². The molecular formula is C53H38N2OS2. The van der Waals surface area contributed by atoms with Gasteiger partial charge < -0.3 is 13.9 Å². The topological polar surface area (TPSA) is 19.1 Å². The van der Waals surface area contributed by atoms with Gasteiger partial charge in [0.05, 0.1) is 43.5 Å². The summed E-state index contributed by atoms with van der Waals surface area (Å²) in [6, 6.07) is 51.0. The van der Waals surface area contributed by atoms with E-state index in [4.69, 9.17) is 4.74 Å². The number of para-hydroxylation sites is 2. The fraction of sp³-hybridized carbons (Fsp3) is 0.0943. The van der Waals surface area contributed by atoms with Crippen LogP contribution in [0.2, 0.25) is 0 Å². The third-order valence-electron chi connectivity index (χ3n) is 12.3. The van der Waals surface area contributed by atoms with Crippen molar-refractivity contribution in [2.75, 3.05) is 0 Å². The van der Waals surface area contributed by atoms with Gasteiger partial charge in [0.1, 0.15) is 11.5 Å². The molecule has 3 nitrogen and oxygen atoms in total. The average molecular weight is 783 g/mol. The molecule has 278 valence electrons. The van der Waals surface area contributed by atoms with Crippen LogP contribution in [0.5, 0.6) is 11.5 Å². The highest BCUT2D eigenvalue weighted by Crippen LogP contribution is 2.56. The van der Waals surface area contributed by atoms with E-state index in [1.165, 1.54) is 90.4 Å². The van der Waals surface area contributed by atoms with E-state index in [0.717, 1.165) is 28.8 Å². The van der Waals surface area contributed by atoms with Gasteiger partial charge in [-0.3, -0.25) is 0 Å². The molecule has 5 heteroatoms. The molecule has 0 spiro atoms. The zero-order valence-electron chi connectivity index (χ0n) is 32.4. The smallest absolute Gasteiger partial charge is 0.141 e. The normalized spacial score (nSPS) is 14.3. The SMILES string of the molecule is Cc1cccc(-n2c3ccccc3c3c4c(ccc32)C(C)(C)c2c(ccc3c2c2ccccc2n3-c2cccc3c5c(sc23)=CCC=CC=5)O4)c1Sc1ccccc1. The first kappa shape index (κ1) is 33.8. The van der Waals surface area contributed by atoms with Gasteiger partial charge in [0.2, 0.25) is 0 Å². The van der Waals surface area contributed by atoms with Gasteiger partial charge in [-0.05, 0) is 73.5 Å². The number of nitrogens with zero attached hydrogens (tertiary/aromatic N) is 2. The number of aromatic nitrogens is 2. The fourth-order valence-corrected chi connectivity index (χ4v) is 12.0. The Balaban J connectivity index is 1.09. The summed E-state index contributed by atoms with van der Waals surface area (Å²) >= 11 is 3.73. The van der Waals surface area contributed by atoms with Crippen molar-refractivity contribution in [1.82, 2.24) is 9.13 Å². The first-order chi connectivity index (χ1) is 28.5. The zero-order chi connectivity index (χ0) is 38.7. The van der Waals surface area contributed by atoms with Crippen LogP contribution in [-0.2, 0) is 5.41 Å². The van der Waals surface area contributed by atoms with Crippen molar-refractivity contribution in [1.29, 1.82) is 0 Å². The van der Waals surface area contributed by atoms with E-state index in [1.54, 1.807) is 0 Å². The maximum absolute atomic E-state index is 7.30. The first-order valence-electron chi connectivity index (χ1n) is 20.0. The van der Waals surface area contributed by atoms with Crippen molar-refractivity contribution in [3.8, 4) is 22.9 Å². The minimum atomic E-state index is -0.366. The Morgan fingerprint density at radius 2 is 1.31 bits per heavy atom. The summed E-state index contributed by atoms with van der Waals surface area (Å²) in [7, 11) is 0. The third-order valence-corrected chi connectivity index (χ3v) is 14.8. The van der Waals surface area contributed by atoms with Gasteiger partial charge in [-0.2, -0.15) is 0 Å². The molecule has 4 heterocycles. The molecule has 0 radical (unpaired) electrons. The van der Waals surface area contributed by atoms with Crippen LogP contribution < -0.4 is 14.5 Å². The second kappa shape index (κ2) is 12.6. The predicted octanol–water partition coefficient (Wildman–Crippen LogP) is 13.5. The van der Waals surface area contributed by atoms with Crippen molar-refractivity contribution >= 4 is 88.9 Å². The number of rotatable bonds is 4. The Kier molecular flexibility index (Phi) is 7.36. The van der Waals surface area contributed by atoms with Crippen LogP contribution in [-0.4, -0.2) is 9.13 Å². The van der Waals surface area contributed by atoms with Crippen molar-refractivity contribution in [3.05, 3.63) is 178 Å². The van der Waals surface area contributed by atoms with Crippen LogP contribution in [0, 0.1) is 6.92 Å². The van der Waals surface area contributed by atoms with Crippen LogP contribution in [0.3, 0.4) is 0 Å². The largest absolute Gasteiger partial charge is 0.456 e. The van der Waals surface area contributed by atoms with Gasteiger partial charge in [0.15, 0.2) is 0 Å². The lowest BCUT2D eigenvalue weighted by Gasteiger charge is -2.35. The summed E-state index contributed by atoms with van der Waals surface area (Å²) in [6.07, 6.45) is 10.0. The first-order valence-corrected chi connectivity index (χ1v) is 21.6. The molecule has 0 bridgehead atoms. The van der Waals surface area contributed by atoms with Gasteiger partial charge in [0.25, 0.3) is 0 Å². The van der Waals surface area contributed by atoms with E-state index in [9.17, 15) is 0 Å². The highest BCUT2D eigenvalue weighted by molar-refractivity contribution is 7.99. The minimum Gasteiger partial charge on any atom is -0.456 e. The van der Waals surface area contributed by atoms with E-state index < -0.39 is 0 Å². The Morgan fingerprint density at radius 1 is 0.638 bits per heavy atom.